The van der Waals surface area contributed by atoms with Crippen molar-refractivity contribution in [3.05, 3.63) is 47.2 Å². The molecule has 0 aliphatic carbocycles. The van der Waals surface area contributed by atoms with Crippen molar-refractivity contribution < 1.29 is 9.90 Å². The topological polar surface area (TPSA) is 61.7 Å². The van der Waals surface area contributed by atoms with Crippen molar-refractivity contribution in [3.8, 4) is 0 Å². The average Bonchev–Trinajstić information content (AvgIpc) is 2.39. The number of carboxylic acid groups (broad SMARTS) is 1. The Morgan fingerprint density at radius 1 is 1.39 bits per heavy atom. The van der Waals surface area contributed by atoms with Crippen molar-refractivity contribution >= 4 is 11.7 Å². The lowest BCUT2D eigenvalue weighted by molar-refractivity contribution is -0.132. The summed E-state index contributed by atoms with van der Waals surface area (Å²) in [6, 6.07) is 9.64. The van der Waals surface area contributed by atoms with E-state index in [0.717, 1.165) is 17.7 Å². The van der Waals surface area contributed by atoms with Crippen LogP contribution in [0.3, 0.4) is 0 Å². The molecule has 94 valence electrons. The highest BCUT2D eigenvalue weighted by molar-refractivity contribution is 6.04. The third-order valence-corrected chi connectivity index (χ3v) is 3.12. The number of allylic oxidation sites excluding steroid dienone is 1. The molecule has 0 fully saturated rings. The highest BCUT2D eigenvalue weighted by atomic mass is 16.4. The number of hydrazone groups is 1. The van der Waals surface area contributed by atoms with E-state index in [2.05, 4.69) is 10.5 Å². The minimum Gasteiger partial charge on any atom is -0.478 e. The predicted octanol–water partition coefficient (Wildman–Crippen LogP) is 2.50. The first-order chi connectivity index (χ1) is 8.65. The SMILES string of the molecule is CCC1=NNC(C)=C(C(=O)O)C1c1ccccc1. The maximum atomic E-state index is 11.5. The van der Waals surface area contributed by atoms with Gasteiger partial charge in [-0.15, -0.1) is 0 Å². The molecule has 0 saturated carbocycles. The molecule has 18 heavy (non-hydrogen) atoms. The van der Waals surface area contributed by atoms with Gasteiger partial charge in [0.15, 0.2) is 0 Å². The standard InChI is InChI=1S/C14H16N2O2/c1-3-11-13(10-7-5-4-6-8-10)12(14(17)18)9(2)15-16-11/h4-8,13,15H,3H2,1-2H3,(H,17,18). The second kappa shape index (κ2) is 5.04. The lowest BCUT2D eigenvalue weighted by atomic mass is 9.84. The van der Waals surface area contributed by atoms with Gasteiger partial charge in [-0.25, -0.2) is 4.79 Å². The van der Waals surface area contributed by atoms with Gasteiger partial charge in [-0.3, -0.25) is 5.43 Å². The molecule has 0 bridgehead atoms. The molecule has 1 heterocycles. The second-order valence-corrected chi connectivity index (χ2v) is 4.26. The maximum absolute atomic E-state index is 11.5. The molecule has 2 N–H and O–H groups in total. The smallest absolute Gasteiger partial charge is 0.334 e. The Hall–Kier alpha value is -2.10. The number of carbonyl (C=O) groups is 1. The van der Waals surface area contributed by atoms with Gasteiger partial charge in [0, 0.05) is 5.70 Å². The number of rotatable bonds is 3. The zero-order valence-electron chi connectivity index (χ0n) is 10.5. The number of hydrogen-bond donors (Lipinski definition) is 2. The minimum atomic E-state index is -0.894. The Labute approximate surface area is 106 Å². The Kier molecular flexibility index (Phi) is 3.46. The van der Waals surface area contributed by atoms with Gasteiger partial charge in [-0.2, -0.15) is 5.10 Å². The number of nitrogens with zero attached hydrogens (tertiary/aromatic N) is 1. The van der Waals surface area contributed by atoms with Crippen molar-refractivity contribution in [2.24, 2.45) is 5.10 Å². The number of hydrogen-bond acceptors (Lipinski definition) is 3. The summed E-state index contributed by atoms with van der Waals surface area (Å²) in [5.74, 6) is -1.15. The molecule has 4 heteroatoms. The summed E-state index contributed by atoms with van der Waals surface area (Å²) < 4.78 is 0. The Bertz CT molecular complexity index is 518. The number of nitrogens with one attached hydrogen (secondary N) is 1. The zero-order chi connectivity index (χ0) is 13.1. The summed E-state index contributed by atoms with van der Waals surface area (Å²) in [6.07, 6.45) is 0.719. The normalized spacial score (nSPS) is 19.2. The van der Waals surface area contributed by atoms with E-state index in [-0.39, 0.29) is 5.92 Å². The molecule has 0 spiro atoms. The summed E-state index contributed by atoms with van der Waals surface area (Å²) >= 11 is 0. The summed E-state index contributed by atoms with van der Waals surface area (Å²) in [7, 11) is 0. The first-order valence-corrected chi connectivity index (χ1v) is 5.96. The molecule has 0 radical (unpaired) electrons. The quantitative estimate of drug-likeness (QED) is 0.858. The molecular formula is C14H16N2O2. The monoisotopic (exact) mass is 244 g/mol. The van der Waals surface area contributed by atoms with Gasteiger partial charge < -0.3 is 5.11 Å². The maximum Gasteiger partial charge on any atom is 0.334 e. The molecule has 0 amide bonds. The van der Waals surface area contributed by atoms with Gasteiger partial charge in [0.05, 0.1) is 17.2 Å². The molecule has 4 nitrogen and oxygen atoms in total. The highest BCUT2D eigenvalue weighted by Crippen LogP contribution is 2.31. The van der Waals surface area contributed by atoms with Gasteiger partial charge in [-0.05, 0) is 18.9 Å². The predicted molar refractivity (Wildman–Crippen MR) is 70.4 cm³/mol. The fourth-order valence-electron chi connectivity index (χ4n) is 2.24. The van der Waals surface area contributed by atoms with E-state index in [1.54, 1.807) is 6.92 Å². The van der Waals surface area contributed by atoms with Crippen LogP contribution in [-0.2, 0) is 4.79 Å². The summed E-state index contributed by atoms with van der Waals surface area (Å²) in [5.41, 5.74) is 5.61. The third-order valence-electron chi connectivity index (χ3n) is 3.12. The Morgan fingerprint density at radius 2 is 2.06 bits per heavy atom. The first-order valence-electron chi connectivity index (χ1n) is 5.96. The molecular weight excluding hydrogens is 228 g/mol. The molecule has 1 aromatic carbocycles. The Morgan fingerprint density at radius 3 is 2.61 bits per heavy atom. The van der Waals surface area contributed by atoms with Gasteiger partial charge >= 0.3 is 5.97 Å². The van der Waals surface area contributed by atoms with Crippen molar-refractivity contribution in [1.29, 1.82) is 0 Å². The van der Waals surface area contributed by atoms with E-state index in [9.17, 15) is 9.90 Å². The number of benzene rings is 1. The first kappa shape index (κ1) is 12.4. The summed E-state index contributed by atoms with van der Waals surface area (Å²) in [5, 5.41) is 13.7. The van der Waals surface area contributed by atoms with Crippen molar-refractivity contribution in [2.75, 3.05) is 0 Å². The molecule has 1 aromatic rings. The fourth-order valence-corrected chi connectivity index (χ4v) is 2.24. The lowest BCUT2D eigenvalue weighted by Crippen LogP contribution is -2.29. The summed E-state index contributed by atoms with van der Waals surface area (Å²) in [6.45, 7) is 3.73. The lowest BCUT2D eigenvalue weighted by Gasteiger charge is -2.25. The van der Waals surface area contributed by atoms with E-state index < -0.39 is 5.97 Å². The van der Waals surface area contributed by atoms with E-state index >= 15 is 0 Å². The second-order valence-electron chi connectivity index (χ2n) is 4.26. The van der Waals surface area contributed by atoms with Crippen LogP contribution < -0.4 is 5.43 Å². The molecule has 1 aliphatic rings. The average molecular weight is 244 g/mol. The van der Waals surface area contributed by atoms with E-state index in [4.69, 9.17) is 0 Å². The van der Waals surface area contributed by atoms with Crippen molar-refractivity contribution in [2.45, 2.75) is 26.2 Å². The Balaban J connectivity index is 2.53. The van der Waals surface area contributed by atoms with E-state index in [1.165, 1.54) is 0 Å². The van der Waals surface area contributed by atoms with Crippen LogP contribution in [0.5, 0.6) is 0 Å². The van der Waals surface area contributed by atoms with Crippen LogP contribution in [0.1, 0.15) is 31.7 Å². The van der Waals surface area contributed by atoms with Crippen LogP contribution in [0.15, 0.2) is 46.7 Å². The van der Waals surface area contributed by atoms with Crippen LogP contribution in [-0.4, -0.2) is 16.8 Å². The van der Waals surface area contributed by atoms with Crippen LogP contribution in [0.25, 0.3) is 0 Å². The molecule has 2 rings (SSSR count). The highest BCUT2D eigenvalue weighted by Gasteiger charge is 2.31. The van der Waals surface area contributed by atoms with Gasteiger partial charge in [0.25, 0.3) is 0 Å². The minimum absolute atomic E-state index is 0.255. The van der Waals surface area contributed by atoms with E-state index in [0.29, 0.717) is 11.3 Å². The van der Waals surface area contributed by atoms with Crippen LogP contribution >= 0.6 is 0 Å². The zero-order valence-corrected chi connectivity index (χ0v) is 10.5. The molecule has 1 aliphatic heterocycles. The van der Waals surface area contributed by atoms with Gasteiger partial charge in [0.2, 0.25) is 0 Å². The van der Waals surface area contributed by atoms with Crippen molar-refractivity contribution in [3.63, 3.8) is 0 Å². The van der Waals surface area contributed by atoms with Crippen LogP contribution in [0.2, 0.25) is 0 Å². The van der Waals surface area contributed by atoms with Crippen molar-refractivity contribution in [1.82, 2.24) is 5.43 Å². The van der Waals surface area contributed by atoms with Gasteiger partial charge in [0.1, 0.15) is 0 Å². The molecule has 1 atom stereocenters. The molecule has 0 saturated heterocycles. The third kappa shape index (κ3) is 2.14. The van der Waals surface area contributed by atoms with Gasteiger partial charge in [-0.1, -0.05) is 37.3 Å². The van der Waals surface area contributed by atoms with E-state index in [1.807, 2.05) is 37.3 Å². The number of aliphatic carboxylic acids is 1. The largest absolute Gasteiger partial charge is 0.478 e. The molecule has 1 unspecified atom stereocenters. The van der Waals surface area contributed by atoms with Crippen LogP contribution in [0, 0.1) is 0 Å². The fraction of sp³-hybridized carbons (Fsp3) is 0.286. The molecule has 0 aromatic heterocycles. The number of carboxylic acids is 1. The van der Waals surface area contributed by atoms with Crippen LogP contribution in [0.4, 0.5) is 0 Å². The summed E-state index contributed by atoms with van der Waals surface area (Å²) in [4.78, 5) is 11.5.